The Labute approximate surface area is 124 Å². The van der Waals surface area contributed by atoms with E-state index in [1.807, 2.05) is 32.0 Å². The molecule has 0 aromatic heterocycles. The van der Waals surface area contributed by atoms with Gasteiger partial charge in [0, 0.05) is 29.4 Å². The Bertz CT molecular complexity index is 437. The normalized spacial score (nSPS) is 14.0. The standard InChI is InChI=1S/C15H25NO3S/c1-12-5-6-13(2)15(9-12)19-11-14(17)10-16-7-4-8-20(3)18/h5-6,9,14,16-17H,4,7-8,10-11H2,1-3H3. The fraction of sp³-hybridized carbons (Fsp3) is 0.600. The van der Waals surface area contributed by atoms with E-state index in [0.29, 0.717) is 12.3 Å². The molecule has 0 spiro atoms. The van der Waals surface area contributed by atoms with E-state index in [4.69, 9.17) is 4.74 Å². The van der Waals surface area contributed by atoms with Gasteiger partial charge in [-0.05, 0) is 44.0 Å². The van der Waals surface area contributed by atoms with Crippen LogP contribution in [-0.2, 0) is 10.8 Å². The first kappa shape index (κ1) is 17.1. The number of ether oxygens (including phenoxy) is 1. The first-order chi connectivity index (χ1) is 9.49. The maximum absolute atomic E-state index is 10.9. The molecule has 2 atom stereocenters. The van der Waals surface area contributed by atoms with Crippen molar-refractivity contribution >= 4 is 10.8 Å². The maximum atomic E-state index is 10.9. The second kappa shape index (κ2) is 9.10. The van der Waals surface area contributed by atoms with E-state index in [-0.39, 0.29) is 6.61 Å². The van der Waals surface area contributed by atoms with Gasteiger partial charge in [-0.2, -0.15) is 0 Å². The SMILES string of the molecule is Cc1ccc(C)c(OCC(O)CNCCCS(C)=O)c1. The Morgan fingerprint density at radius 3 is 2.85 bits per heavy atom. The Balaban J connectivity index is 2.21. The first-order valence-electron chi connectivity index (χ1n) is 6.88. The van der Waals surface area contributed by atoms with Gasteiger partial charge in [-0.3, -0.25) is 4.21 Å². The zero-order valence-electron chi connectivity index (χ0n) is 12.5. The molecule has 0 saturated carbocycles. The number of benzene rings is 1. The van der Waals surface area contributed by atoms with Crippen LogP contribution in [0.3, 0.4) is 0 Å². The van der Waals surface area contributed by atoms with Crippen molar-refractivity contribution in [2.24, 2.45) is 0 Å². The van der Waals surface area contributed by atoms with Crippen LogP contribution < -0.4 is 10.1 Å². The van der Waals surface area contributed by atoms with Crippen molar-refractivity contribution in [1.29, 1.82) is 0 Å². The monoisotopic (exact) mass is 299 g/mol. The van der Waals surface area contributed by atoms with E-state index < -0.39 is 16.9 Å². The molecule has 0 saturated heterocycles. The number of aliphatic hydroxyl groups excluding tert-OH is 1. The molecule has 0 radical (unpaired) electrons. The molecular formula is C15H25NO3S. The highest BCUT2D eigenvalue weighted by molar-refractivity contribution is 7.84. The van der Waals surface area contributed by atoms with Gasteiger partial charge in [-0.25, -0.2) is 0 Å². The molecule has 0 amide bonds. The van der Waals surface area contributed by atoms with Gasteiger partial charge < -0.3 is 15.2 Å². The van der Waals surface area contributed by atoms with E-state index in [2.05, 4.69) is 5.32 Å². The van der Waals surface area contributed by atoms with Crippen LogP contribution in [0.2, 0.25) is 0 Å². The Morgan fingerprint density at radius 1 is 1.40 bits per heavy atom. The third kappa shape index (κ3) is 7.03. The molecule has 0 aliphatic heterocycles. The van der Waals surface area contributed by atoms with Crippen molar-refractivity contribution in [2.45, 2.75) is 26.4 Å². The van der Waals surface area contributed by atoms with Crippen LogP contribution in [0.5, 0.6) is 5.75 Å². The molecular weight excluding hydrogens is 274 g/mol. The van der Waals surface area contributed by atoms with Crippen LogP contribution >= 0.6 is 0 Å². The minimum atomic E-state index is -0.740. The lowest BCUT2D eigenvalue weighted by molar-refractivity contribution is 0.106. The Kier molecular flexibility index (Phi) is 7.80. The summed E-state index contributed by atoms with van der Waals surface area (Å²) in [6.07, 6.45) is 2.02. The summed E-state index contributed by atoms with van der Waals surface area (Å²) in [5.41, 5.74) is 2.21. The third-order valence-corrected chi connectivity index (χ3v) is 3.80. The number of rotatable bonds is 9. The van der Waals surface area contributed by atoms with E-state index in [0.717, 1.165) is 29.8 Å². The molecule has 0 aliphatic rings. The third-order valence-electron chi connectivity index (χ3n) is 2.94. The minimum absolute atomic E-state index is 0.275. The summed E-state index contributed by atoms with van der Waals surface area (Å²) < 4.78 is 16.5. The molecule has 5 heteroatoms. The average molecular weight is 299 g/mol. The topological polar surface area (TPSA) is 58.6 Å². The minimum Gasteiger partial charge on any atom is -0.491 e. The lowest BCUT2D eigenvalue weighted by Gasteiger charge is -2.15. The molecule has 2 N–H and O–H groups in total. The van der Waals surface area contributed by atoms with Crippen LogP contribution in [0.1, 0.15) is 17.5 Å². The van der Waals surface area contributed by atoms with Gasteiger partial charge in [0.15, 0.2) is 0 Å². The fourth-order valence-corrected chi connectivity index (χ4v) is 2.33. The lowest BCUT2D eigenvalue weighted by Crippen LogP contribution is -2.32. The molecule has 114 valence electrons. The highest BCUT2D eigenvalue weighted by Crippen LogP contribution is 2.19. The molecule has 0 heterocycles. The Hall–Kier alpha value is -0.910. The van der Waals surface area contributed by atoms with Crippen LogP contribution in [0.15, 0.2) is 18.2 Å². The average Bonchev–Trinajstić information content (AvgIpc) is 2.39. The highest BCUT2D eigenvalue weighted by Gasteiger charge is 2.06. The van der Waals surface area contributed by atoms with Gasteiger partial charge in [0.1, 0.15) is 18.5 Å². The first-order valence-corrected chi connectivity index (χ1v) is 8.60. The van der Waals surface area contributed by atoms with E-state index in [9.17, 15) is 9.32 Å². The van der Waals surface area contributed by atoms with Gasteiger partial charge in [0.25, 0.3) is 0 Å². The quantitative estimate of drug-likeness (QED) is 0.677. The van der Waals surface area contributed by atoms with Gasteiger partial charge in [-0.15, -0.1) is 0 Å². The molecule has 2 unspecified atom stereocenters. The Morgan fingerprint density at radius 2 is 2.15 bits per heavy atom. The highest BCUT2D eigenvalue weighted by atomic mass is 32.2. The van der Waals surface area contributed by atoms with Gasteiger partial charge in [0.05, 0.1) is 0 Å². The smallest absolute Gasteiger partial charge is 0.122 e. The van der Waals surface area contributed by atoms with Crippen LogP contribution in [-0.4, -0.2) is 47.1 Å². The molecule has 0 bridgehead atoms. The number of nitrogens with one attached hydrogen (secondary N) is 1. The molecule has 0 fully saturated rings. The molecule has 20 heavy (non-hydrogen) atoms. The fourth-order valence-electron chi connectivity index (χ4n) is 1.78. The van der Waals surface area contributed by atoms with Gasteiger partial charge in [0.2, 0.25) is 0 Å². The maximum Gasteiger partial charge on any atom is 0.122 e. The molecule has 1 aromatic carbocycles. The van der Waals surface area contributed by atoms with Gasteiger partial charge in [-0.1, -0.05) is 12.1 Å². The van der Waals surface area contributed by atoms with Crippen molar-refractivity contribution < 1.29 is 14.1 Å². The predicted octanol–water partition coefficient (Wildman–Crippen LogP) is 1.40. The van der Waals surface area contributed by atoms with Gasteiger partial charge >= 0.3 is 0 Å². The summed E-state index contributed by atoms with van der Waals surface area (Å²) in [7, 11) is -0.740. The predicted molar refractivity (Wildman–Crippen MR) is 83.8 cm³/mol. The zero-order chi connectivity index (χ0) is 15.0. The number of hydrogen-bond donors (Lipinski definition) is 2. The van der Waals surface area contributed by atoms with Crippen molar-refractivity contribution in [1.82, 2.24) is 5.32 Å². The number of aryl methyl sites for hydroxylation is 2. The summed E-state index contributed by atoms with van der Waals surface area (Å²) in [5, 5.41) is 13.0. The van der Waals surface area contributed by atoms with Crippen molar-refractivity contribution in [3.05, 3.63) is 29.3 Å². The van der Waals surface area contributed by atoms with Crippen LogP contribution in [0.25, 0.3) is 0 Å². The summed E-state index contributed by atoms with van der Waals surface area (Å²) in [5.74, 6) is 1.52. The summed E-state index contributed by atoms with van der Waals surface area (Å²) >= 11 is 0. The van der Waals surface area contributed by atoms with E-state index in [1.165, 1.54) is 0 Å². The second-order valence-electron chi connectivity index (χ2n) is 5.07. The molecule has 1 aromatic rings. The zero-order valence-corrected chi connectivity index (χ0v) is 13.3. The summed E-state index contributed by atoms with van der Waals surface area (Å²) in [6, 6.07) is 6.03. The molecule has 1 rings (SSSR count). The number of hydrogen-bond acceptors (Lipinski definition) is 4. The molecule has 0 aliphatic carbocycles. The van der Waals surface area contributed by atoms with Crippen molar-refractivity contribution in [3.63, 3.8) is 0 Å². The van der Waals surface area contributed by atoms with E-state index >= 15 is 0 Å². The van der Waals surface area contributed by atoms with Crippen molar-refractivity contribution in [3.8, 4) is 5.75 Å². The van der Waals surface area contributed by atoms with Crippen molar-refractivity contribution in [2.75, 3.05) is 31.7 Å². The summed E-state index contributed by atoms with van der Waals surface area (Å²) in [4.78, 5) is 0. The van der Waals surface area contributed by atoms with Crippen LogP contribution in [0.4, 0.5) is 0 Å². The van der Waals surface area contributed by atoms with Crippen LogP contribution in [0, 0.1) is 13.8 Å². The second-order valence-corrected chi connectivity index (χ2v) is 6.62. The largest absolute Gasteiger partial charge is 0.491 e. The molecule has 4 nitrogen and oxygen atoms in total. The number of aliphatic hydroxyl groups is 1. The van der Waals surface area contributed by atoms with E-state index in [1.54, 1.807) is 6.26 Å². The summed E-state index contributed by atoms with van der Waals surface area (Å²) in [6.45, 7) is 5.53. The lowest BCUT2D eigenvalue weighted by atomic mass is 10.1.